The van der Waals surface area contributed by atoms with Gasteiger partial charge in [-0.05, 0) is 43.0 Å². The quantitative estimate of drug-likeness (QED) is 0.648. The zero-order chi connectivity index (χ0) is 20.7. The first-order valence-corrected chi connectivity index (χ1v) is 9.43. The maximum atomic E-state index is 12.4. The van der Waals surface area contributed by atoms with Crippen LogP contribution >= 0.6 is 0 Å². The maximum absolute atomic E-state index is 12.4. The van der Waals surface area contributed by atoms with Gasteiger partial charge in [0.1, 0.15) is 17.5 Å². The summed E-state index contributed by atoms with van der Waals surface area (Å²) in [6.45, 7) is 6.33. The number of methoxy groups -OCH3 is 2. The Kier molecular flexibility index (Phi) is 7.87. The number of nitrogens with one attached hydrogen (secondary N) is 1. The Morgan fingerprint density at radius 1 is 1.25 bits per heavy atom. The first-order chi connectivity index (χ1) is 13.4. The maximum Gasteiger partial charge on any atom is 0.351 e. The molecule has 1 aliphatic rings. The van der Waals surface area contributed by atoms with E-state index < -0.39 is 18.1 Å². The van der Waals surface area contributed by atoms with Crippen molar-refractivity contribution in [1.82, 2.24) is 5.32 Å². The highest BCUT2D eigenvalue weighted by atomic mass is 16.6. The van der Waals surface area contributed by atoms with Crippen molar-refractivity contribution in [1.29, 1.82) is 0 Å². The molecule has 1 N–H and O–H groups in total. The zero-order valence-corrected chi connectivity index (χ0v) is 17.1. The van der Waals surface area contributed by atoms with Crippen molar-refractivity contribution in [3.63, 3.8) is 0 Å². The molecule has 2 rings (SSSR count). The lowest BCUT2D eigenvalue weighted by Gasteiger charge is -2.28. The Labute approximate surface area is 166 Å². The van der Waals surface area contributed by atoms with Crippen LogP contribution in [0.25, 0.3) is 6.08 Å². The lowest BCUT2D eigenvalue weighted by Crippen LogP contribution is -2.43. The van der Waals surface area contributed by atoms with Crippen LogP contribution in [0, 0.1) is 5.92 Å². The van der Waals surface area contributed by atoms with Gasteiger partial charge in [0.05, 0.1) is 26.4 Å². The van der Waals surface area contributed by atoms with E-state index in [-0.39, 0.29) is 19.1 Å². The normalized spacial score (nSPS) is 16.5. The third-order valence-corrected chi connectivity index (χ3v) is 4.40. The Morgan fingerprint density at radius 3 is 2.61 bits per heavy atom. The molecule has 1 aromatic rings. The summed E-state index contributed by atoms with van der Waals surface area (Å²) < 4.78 is 21.4. The molecule has 28 heavy (non-hydrogen) atoms. The highest BCUT2D eigenvalue weighted by Crippen LogP contribution is 2.36. The standard InChI is InChI=1S/C21H29NO6/c1-6-27-21(24)19-14(12-22-16(10-13(2)3)20(23)26-5)11-15-17(25-4)8-7-9-18(15)28-19/h7-9,11,13,16,19,22H,6,10,12H2,1-5H3/t16-,19?/m0/s1. The molecule has 7 heteroatoms. The van der Waals surface area contributed by atoms with Crippen LogP contribution in [0.4, 0.5) is 0 Å². The van der Waals surface area contributed by atoms with E-state index in [2.05, 4.69) is 5.32 Å². The minimum atomic E-state index is -0.885. The predicted molar refractivity (Wildman–Crippen MR) is 105 cm³/mol. The fourth-order valence-corrected chi connectivity index (χ4v) is 3.09. The van der Waals surface area contributed by atoms with Gasteiger partial charge >= 0.3 is 11.9 Å². The van der Waals surface area contributed by atoms with Crippen LogP contribution < -0.4 is 14.8 Å². The van der Waals surface area contributed by atoms with Gasteiger partial charge in [-0.3, -0.25) is 4.79 Å². The largest absolute Gasteiger partial charge is 0.496 e. The molecule has 1 aromatic carbocycles. The van der Waals surface area contributed by atoms with Gasteiger partial charge in [-0.2, -0.15) is 0 Å². The average molecular weight is 391 g/mol. The van der Waals surface area contributed by atoms with Crippen LogP contribution in [-0.4, -0.2) is 51.5 Å². The van der Waals surface area contributed by atoms with E-state index in [1.54, 1.807) is 26.2 Å². The van der Waals surface area contributed by atoms with Crippen LogP contribution in [0.2, 0.25) is 0 Å². The number of carbonyl (C=O) groups excluding carboxylic acids is 2. The number of esters is 2. The fraction of sp³-hybridized carbons (Fsp3) is 0.524. The number of ether oxygens (including phenoxy) is 4. The molecule has 7 nitrogen and oxygen atoms in total. The monoisotopic (exact) mass is 391 g/mol. The van der Waals surface area contributed by atoms with Gasteiger partial charge in [-0.15, -0.1) is 0 Å². The molecule has 0 fully saturated rings. The zero-order valence-electron chi connectivity index (χ0n) is 17.1. The third kappa shape index (κ3) is 5.25. The Balaban J connectivity index is 2.30. The van der Waals surface area contributed by atoms with Crippen molar-refractivity contribution in [3.05, 3.63) is 29.3 Å². The number of hydrogen-bond acceptors (Lipinski definition) is 7. The second-order valence-corrected chi connectivity index (χ2v) is 6.93. The summed E-state index contributed by atoms with van der Waals surface area (Å²) in [5.74, 6) is 0.686. The molecule has 0 radical (unpaired) electrons. The summed E-state index contributed by atoms with van der Waals surface area (Å²) in [6, 6.07) is 4.92. The Morgan fingerprint density at radius 2 is 2.00 bits per heavy atom. The summed E-state index contributed by atoms with van der Waals surface area (Å²) in [5.41, 5.74) is 1.41. The lowest BCUT2D eigenvalue weighted by molar-refractivity contribution is -0.149. The van der Waals surface area contributed by atoms with Crippen molar-refractivity contribution in [2.45, 2.75) is 39.3 Å². The van der Waals surface area contributed by atoms with E-state index in [4.69, 9.17) is 18.9 Å². The van der Waals surface area contributed by atoms with Gasteiger partial charge < -0.3 is 24.3 Å². The van der Waals surface area contributed by atoms with E-state index in [1.807, 2.05) is 26.0 Å². The molecule has 1 heterocycles. The van der Waals surface area contributed by atoms with Crippen LogP contribution in [0.3, 0.4) is 0 Å². The van der Waals surface area contributed by atoms with Gasteiger partial charge in [0.2, 0.25) is 6.10 Å². The molecule has 0 spiro atoms. The fourth-order valence-electron chi connectivity index (χ4n) is 3.09. The number of hydrogen-bond donors (Lipinski definition) is 1. The van der Waals surface area contributed by atoms with Gasteiger partial charge in [0.15, 0.2) is 0 Å². The number of rotatable bonds is 9. The highest BCUT2D eigenvalue weighted by molar-refractivity contribution is 5.84. The van der Waals surface area contributed by atoms with E-state index in [9.17, 15) is 9.59 Å². The summed E-state index contributed by atoms with van der Waals surface area (Å²) in [4.78, 5) is 24.5. The molecule has 154 valence electrons. The van der Waals surface area contributed by atoms with E-state index in [0.29, 0.717) is 29.4 Å². The minimum absolute atomic E-state index is 0.252. The molecule has 0 amide bonds. The van der Waals surface area contributed by atoms with Crippen molar-refractivity contribution >= 4 is 18.0 Å². The van der Waals surface area contributed by atoms with Gasteiger partial charge in [0.25, 0.3) is 0 Å². The van der Waals surface area contributed by atoms with Gasteiger partial charge in [-0.25, -0.2) is 4.79 Å². The molecule has 1 unspecified atom stereocenters. The molecule has 0 bridgehead atoms. The van der Waals surface area contributed by atoms with E-state index in [1.165, 1.54) is 7.11 Å². The summed E-state index contributed by atoms with van der Waals surface area (Å²) in [5, 5.41) is 3.20. The van der Waals surface area contributed by atoms with Crippen LogP contribution in [-0.2, 0) is 19.1 Å². The van der Waals surface area contributed by atoms with E-state index >= 15 is 0 Å². The average Bonchev–Trinajstić information content (AvgIpc) is 2.69. The third-order valence-electron chi connectivity index (χ3n) is 4.40. The van der Waals surface area contributed by atoms with E-state index in [0.717, 1.165) is 5.56 Å². The molecule has 0 aliphatic carbocycles. The number of benzene rings is 1. The second kappa shape index (κ2) is 10.1. The topological polar surface area (TPSA) is 83.1 Å². The van der Waals surface area contributed by atoms with Crippen LogP contribution in [0.5, 0.6) is 11.5 Å². The molecular formula is C21H29NO6. The number of fused-ring (bicyclic) bond motifs is 1. The second-order valence-electron chi connectivity index (χ2n) is 6.93. The molecule has 1 aliphatic heterocycles. The molecule has 2 atom stereocenters. The first kappa shape index (κ1) is 21.8. The van der Waals surface area contributed by atoms with Crippen molar-refractivity contribution < 1.29 is 28.5 Å². The van der Waals surface area contributed by atoms with Crippen LogP contribution in [0.1, 0.15) is 32.8 Å². The lowest BCUT2D eigenvalue weighted by atomic mass is 9.99. The molecule has 0 aromatic heterocycles. The van der Waals surface area contributed by atoms with Gasteiger partial charge in [0, 0.05) is 6.54 Å². The summed E-state index contributed by atoms with van der Waals surface area (Å²) in [6.07, 6.45) is 1.59. The van der Waals surface area contributed by atoms with Gasteiger partial charge in [-0.1, -0.05) is 19.9 Å². The Bertz CT molecular complexity index is 728. The highest BCUT2D eigenvalue weighted by Gasteiger charge is 2.32. The number of carbonyl (C=O) groups is 2. The smallest absolute Gasteiger partial charge is 0.351 e. The van der Waals surface area contributed by atoms with Crippen molar-refractivity contribution in [3.8, 4) is 11.5 Å². The molecule has 0 saturated heterocycles. The summed E-state index contributed by atoms with van der Waals surface area (Å²) >= 11 is 0. The Hall–Kier alpha value is -2.54. The molecule has 0 saturated carbocycles. The molecular weight excluding hydrogens is 362 g/mol. The summed E-state index contributed by atoms with van der Waals surface area (Å²) in [7, 11) is 2.94. The minimum Gasteiger partial charge on any atom is -0.496 e. The van der Waals surface area contributed by atoms with Crippen molar-refractivity contribution in [2.75, 3.05) is 27.4 Å². The SMILES string of the molecule is CCOC(=O)C1Oc2cccc(OC)c2C=C1CN[C@@H](CC(C)C)C(=O)OC. The predicted octanol–water partition coefficient (Wildman–Crippen LogP) is 2.58. The van der Waals surface area contributed by atoms with Crippen LogP contribution in [0.15, 0.2) is 23.8 Å². The van der Waals surface area contributed by atoms with Crippen molar-refractivity contribution in [2.24, 2.45) is 5.92 Å². The first-order valence-electron chi connectivity index (χ1n) is 9.43.